The maximum absolute atomic E-state index is 3.96. The van der Waals surface area contributed by atoms with Gasteiger partial charge in [-0.3, -0.25) is 0 Å². The zero-order valence-electron chi connectivity index (χ0n) is 7.90. The Kier molecular flexibility index (Phi) is 3.16. The quantitative estimate of drug-likeness (QED) is 0.415. The standard InChI is InChI=1S/C11H20/c1-9(2)6-4-5-7-11-8-10(11)3/h9,11H,3-8H2,1-2H3. The van der Waals surface area contributed by atoms with E-state index in [4.69, 9.17) is 0 Å². The molecule has 64 valence electrons. The Balaban J connectivity index is 1.85. The SMILES string of the molecule is C=C1CC1CCCCC(C)C. The van der Waals surface area contributed by atoms with Crippen LogP contribution < -0.4 is 0 Å². The molecule has 1 aliphatic rings. The maximum atomic E-state index is 3.96. The zero-order valence-corrected chi connectivity index (χ0v) is 7.90. The predicted molar refractivity (Wildman–Crippen MR) is 50.6 cm³/mol. The van der Waals surface area contributed by atoms with Crippen molar-refractivity contribution in [1.29, 1.82) is 0 Å². The molecule has 0 aromatic rings. The Hall–Kier alpha value is -0.260. The van der Waals surface area contributed by atoms with Gasteiger partial charge in [0, 0.05) is 0 Å². The molecule has 0 N–H and O–H groups in total. The van der Waals surface area contributed by atoms with Gasteiger partial charge in [0.2, 0.25) is 0 Å². The van der Waals surface area contributed by atoms with E-state index in [9.17, 15) is 0 Å². The van der Waals surface area contributed by atoms with Gasteiger partial charge in [-0.15, -0.1) is 0 Å². The highest BCUT2D eigenvalue weighted by Gasteiger charge is 2.25. The van der Waals surface area contributed by atoms with E-state index in [0.717, 1.165) is 11.8 Å². The number of unbranched alkanes of at least 4 members (excludes halogenated alkanes) is 1. The van der Waals surface area contributed by atoms with Crippen molar-refractivity contribution < 1.29 is 0 Å². The fourth-order valence-corrected chi connectivity index (χ4v) is 1.51. The summed E-state index contributed by atoms with van der Waals surface area (Å²) < 4.78 is 0. The van der Waals surface area contributed by atoms with Gasteiger partial charge in [0.25, 0.3) is 0 Å². The first-order chi connectivity index (χ1) is 5.20. The van der Waals surface area contributed by atoms with Crippen molar-refractivity contribution in [2.45, 2.75) is 46.0 Å². The van der Waals surface area contributed by atoms with E-state index in [2.05, 4.69) is 20.4 Å². The third kappa shape index (κ3) is 3.60. The van der Waals surface area contributed by atoms with Gasteiger partial charge < -0.3 is 0 Å². The van der Waals surface area contributed by atoms with E-state index in [1.165, 1.54) is 37.7 Å². The van der Waals surface area contributed by atoms with Gasteiger partial charge in [0.15, 0.2) is 0 Å². The van der Waals surface area contributed by atoms with E-state index < -0.39 is 0 Å². The molecule has 1 rings (SSSR count). The molecule has 0 saturated heterocycles. The molecule has 0 aliphatic heterocycles. The van der Waals surface area contributed by atoms with Gasteiger partial charge in [-0.25, -0.2) is 0 Å². The number of rotatable bonds is 5. The lowest BCUT2D eigenvalue weighted by atomic mass is 10.0. The first kappa shape index (κ1) is 8.83. The van der Waals surface area contributed by atoms with Crippen LogP contribution in [-0.2, 0) is 0 Å². The normalized spacial score (nSPS) is 22.8. The molecule has 11 heavy (non-hydrogen) atoms. The van der Waals surface area contributed by atoms with Crippen molar-refractivity contribution in [3.05, 3.63) is 12.2 Å². The highest BCUT2D eigenvalue weighted by atomic mass is 14.3. The number of hydrogen-bond donors (Lipinski definition) is 0. The molecule has 0 spiro atoms. The summed E-state index contributed by atoms with van der Waals surface area (Å²) in [5.74, 6) is 1.81. The van der Waals surface area contributed by atoms with Crippen molar-refractivity contribution in [2.24, 2.45) is 11.8 Å². The molecule has 0 amide bonds. The minimum Gasteiger partial charge on any atom is -0.0995 e. The predicted octanol–water partition coefficient (Wildman–Crippen LogP) is 3.78. The van der Waals surface area contributed by atoms with E-state index in [0.29, 0.717) is 0 Å². The molecule has 1 atom stereocenters. The van der Waals surface area contributed by atoms with E-state index in [-0.39, 0.29) is 0 Å². The molecule has 0 heteroatoms. The van der Waals surface area contributed by atoms with Crippen molar-refractivity contribution >= 4 is 0 Å². The van der Waals surface area contributed by atoms with Gasteiger partial charge in [0.1, 0.15) is 0 Å². The molecule has 1 unspecified atom stereocenters. The van der Waals surface area contributed by atoms with E-state index >= 15 is 0 Å². The molecular formula is C11H20. The second kappa shape index (κ2) is 3.94. The first-order valence-electron chi connectivity index (χ1n) is 4.88. The third-order valence-corrected chi connectivity index (χ3v) is 2.51. The first-order valence-corrected chi connectivity index (χ1v) is 4.88. The van der Waals surface area contributed by atoms with Crippen molar-refractivity contribution in [1.82, 2.24) is 0 Å². The second-order valence-electron chi connectivity index (χ2n) is 4.24. The average molecular weight is 152 g/mol. The van der Waals surface area contributed by atoms with Crippen LogP contribution in [0.5, 0.6) is 0 Å². The second-order valence-corrected chi connectivity index (χ2v) is 4.24. The number of hydrogen-bond acceptors (Lipinski definition) is 0. The monoisotopic (exact) mass is 152 g/mol. The molecule has 0 bridgehead atoms. The lowest BCUT2D eigenvalue weighted by Gasteiger charge is -2.02. The smallest absolute Gasteiger partial charge is 0.0168 e. The van der Waals surface area contributed by atoms with E-state index in [1.54, 1.807) is 0 Å². The van der Waals surface area contributed by atoms with Crippen molar-refractivity contribution in [2.75, 3.05) is 0 Å². The highest BCUT2D eigenvalue weighted by molar-refractivity contribution is 5.18. The van der Waals surface area contributed by atoms with Crippen LogP contribution in [0.4, 0.5) is 0 Å². The molecule has 0 radical (unpaired) electrons. The average Bonchev–Trinajstić information content (AvgIpc) is 2.59. The molecular weight excluding hydrogens is 132 g/mol. The van der Waals surface area contributed by atoms with Crippen molar-refractivity contribution in [3.8, 4) is 0 Å². The molecule has 0 nitrogen and oxygen atoms in total. The number of allylic oxidation sites excluding steroid dienone is 1. The molecule has 0 heterocycles. The Morgan fingerprint density at radius 2 is 2.09 bits per heavy atom. The summed E-state index contributed by atoms with van der Waals surface area (Å²) in [5, 5.41) is 0. The Morgan fingerprint density at radius 1 is 1.45 bits per heavy atom. The van der Waals surface area contributed by atoms with Gasteiger partial charge in [-0.2, -0.15) is 0 Å². The fourth-order valence-electron chi connectivity index (χ4n) is 1.51. The van der Waals surface area contributed by atoms with Crippen LogP contribution in [0.1, 0.15) is 46.0 Å². The molecule has 1 saturated carbocycles. The molecule has 0 aromatic heterocycles. The van der Waals surface area contributed by atoms with Crippen LogP contribution in [0.25, 0.3) is 0 Å². The van der Waals surface area contributed by atoms with Crippen LogP contribution in [0, 0.1) is 11.8 Å². The fraction of sp³-hybridized carbons (Fsp3) is 0.818. The summed E-state index contributed by atoms with van der Waals surface area (Å²) in [5.41, 5.74) is 1.49. The van der Waals surface area contributed by atoms with Gasteiger partial charge in [0.05, 0.1) is 0 Å². The van der Waals surface area contributed by atoms with Crippen LogP contribution >= 0.6 is 0 Å². The summed E-state index contributed by atoms with van der Waals surface area (Å²) in [4.78, 5) is 0. The van der Waals surface area contributed by atoms with Gasteiger partial charge >= 0.3 is 0 Å². The Bertz CT molecular complexity index is 133. The Morgan fingerprint density at radius 3 is 2.55 bits per heavy atom. The van der Waals surface area contributed by atoms with Crippen LogP contribution in [0.2, 0.25) is 0 Å². The summed E-state index contributed by atoms with van der Waals surface area (Å²) in [6.07, 6.45) is 6.97. The molecule has 0 aromatic carbocycles. The minimum absolute atomic E-state index is 0.886. The lowest BCUT2D eigenvalue weighted by molar-refractivity contribution is 0.518. The van der Waals surface area contributed by atoms with Crippen LogP contribution in [0.3, 0.4) is 0 Å². The lowest BCUT2D eigenvalue weighted by Crippen LogP contribution is -1.87. The minimum atomic E-state index is 0.886. The van der Waals surface area contributed by atoms with Gasteiger partial charge in [-0.05, 0) is 24.7 Å². The largest absolute Gasteiger partial charge is 0.0995 e. The Labute approximate surface area is 70.7 Å². The van der Waals surface area contributed by atoms with Crippen LogP contribution in [-0.4, -0.2) is 0 Å². The van der Waals surface area contributed by atoms with Gasteiger partial charge in [-0.1, -0.05) is 45.3 Å². The molecule has 1 fully saturated rings. The summed E-state index contributed by atoms with van der Waals surface area (Å²) in [6, 6.07) is 0. The topological polar surface area (TPSA) is 0 Å². The van der Waals surface area contributed by atoms with Crippen molar-refractivity contribution in [3.63, 3.8) is 0 Å². The van der Waals surface area contributed by atoms with Crippen LogP contribution in [0.15, 0.2) is 12.2 Å². The van der Waals surface area contributed by atoms with E-state index in [1.807, 2.05) is 0 Å². The summed E-state index contributed by atoms with van der Waals surface area (Å²) in [6.45, 7) is 8.57. The maximum Gasteiger partial charge on any atom is -0.0168 e. The highest BCUT2D eigenvalue weighted by Crippen LogP contribution is 2.39. The summed E-state index contributed by atoms with van der Waals surface area (Å²) >= 11 is 0. The molecule has 1 aliphatic carbocycles. The summed E-state index contributed by atoms with van der Waals surface area (Å²) in [7, 11) is 0. The third-order valence-electron chi connectivity index (χ3n) is 2.51. The zero-order chi connectivity index (χ0) is 8.27.